The van der Waals surface area contributed by atoms with E-state index < -0.39 is 17.2 Å². The van der Waals surface area contributed by atoms with E-state index in [1.165, 1.54) is 7.05 Å². The first-order valence-electron chi connectivity index (χ1n) is 6.28. The first-order chi connectivity index (χ1) is 10.5. The van der Waals surface area contributed by atoms with Gasteiger partial charge in [0, 0.05) is 17.1 Å². The molecule has 1 aromatic carbocycles. The molecule has 116 valence electrons. The SMILES string of the molecule is CNC(=O)NC(=O)[C@H](C)Sc1nnc(-c2cccc(Br)c2)o1. The second-order valence-electron chi connectivity index (χ2n) is 4.21. The van der Waals surface area contributed by atoms with Crippen molar-refractivity contribution >= 4 is 39.6 Å². The molecule has 7 nitrogen and oxygen atoms in total. The van der Waals surface area contributed by atoms with Crippen molar-refractivity contribution in [2.75, 3.05) is 7.05 Å². The number of aromatic nitrogens is 2. The Balaban J connectivity index is 2.03. The van der Waals surface area contributed by atoms with Gasteiger partial charge in [0.2, 0.25) is 11.8 Å². The number of amides is 3. The van der Waals surface area contributed by atoms with Gasteiger partial charge in [-0.2, -0.15) is 0 Å². The maximum Gasteiger partial charge on any atom is 0.321 e. The normalized spacial score (nSPS) is 11.8. The third-order valence-corrected chi connectivity index (χ3v) is 4.02. The van der Waals surface area contributed by atoms with Crippen molar-refractivity contribution in [3.05, 3.63) is 28.7 Å². The van der Waals surface area contributed by atoms with Gasteiger partial charge in [-0.15, -0.1) is 10.2 Å². The zero-order valence-corrected chi connectivity index (χ0v) is 14.2. The van der Waals surface area contributed by atoms with Crippen molar-refractivity contribution in [1.82, 2.24) is 20.8 Å². The molecule has 0 aliphatic rings. The molecule has 0 saturated carbocycles. The Morgan fingerprint density at radius 2 is 2.14 bits per heavy atom. The Kier molecular flexibility index (Phi) is 5.56. The van der Waals surface area contributed by atoms with Crippen LogP contribution in [0.1, 0.15) is 6.92 Å². The Morgan fingerprint density at radius 3 is 2.82 bits per heavy atom. The Morgan fingerprint density at radius 1 is 1.36 bits per heavy atom. The number of imide groups is 1. The third kappa shape index (κ3) is 4.31. The van der Waals surface area contributed by atoms with E-state index in [2.05, 4.69) is 36.8 Å². The van der Waals surface area contributed by atoms with Gasteiger partial charge in [-0.05, 0) is 25.1 Å². The minimum atomic E-state index is -0.558. The maximum absolute atomic E-state index is 11.7. The summed E-state index contributed by atoms with van der Waals surface area (Å²) >= 11 is 4.45. The fourth-order valence-corrected chi connectivity index (χ4v) is 2.56. The summed E-state index contributed by atoms with van der Waals surface area (Å²) in [6.07, 6.45) is 0. The van der Waals surface area contributed by atoms with Gasteiger partial charge in [0.1, 0.15) is 0 Å². The van der Waals surface area contributed by atoms with E-state index in [9.17, 15) is 9.59 Å². The Bertz CT molecular complexity index is 691. The number of hydrogen-bond acceptors (Lipinski definition) is 6. The van der Waals surface area contributed by atoms with Crippen LogP contribution in [0.2, 0.25) is 0 Å². The molecular formula is C13H13BrN4O3S. The summed E-state index contributed by atoms with van der Waals surface area (Å²) in [4.78, 5) is 22.8. The lowest BCUT2D eigenvalue weighted by atomic mass is 10.2. The lowest BCUT2D eigenvalue weighted by molar-refractivity contribution is -0.119. The monoisotopic (exact) mass is 384 g/mol. The minimum Gasteiger partial charge on any atom is -0.411 e. The molecule has 2 N–H and O–H groups in total. The average molecular weight is 385 g/mol. The summed E-state index contributed by atoms with van der Waals surface area (Å²) in [6, 6.07) is 6.88. The molecule has 0 fully saturated rings. The van der Waals surface area contributed by atoms with Gasteiger partial charge in [0.05, 0.1) is 5.25 Å². The summed E-state index contributed by atoms with van der Waals surface area (Å²) in [5, 5.41) is 12.1. The van der Waals surface area contributed by atoms with Crippen LogP contribution in [0.3, 0.4) is 0 Å². The van der Waals surface area contributed by atoms with E-state index in [0.717, 1.165) is 21.8 Å². The smallest absolute Gasteiger partial charge is 0.321 e. The topological polar surface area (TPSA) is 97.1 Å². The second-order valence-corrected chi connectivity index (χ2v) is 6.42. The lowest BCUT2D eigenvalue weighted by Crippen LogP contribution is -2.41. The molecule has 0 saturated heterocycles. The van der Waals surface area contributed by atoms with Gasteiger partial charge in [-0.3, -0.25) is 10.1 Å². The number of nitrogens with zero attached hydrogens (tertiary/aromatic N) is 2. The largest absolute Gasteiger partial charge is 0.411 e. The molecule has 9 heteroatoms. The van der Waals surface area contributed by atoms with Crippen molar-refractivity contribution in [2.45, 2.75) is 17.4 Å². The first-order valence-corrected chi connectivity index (χ1v) is 7.95. The highest BCUT2D eigenvalue weighted by Gasteiger charge is 2.20. The Labute approximate surface area is 139 Å². The molecule has 0 spiro atoms. The number of rotatable bonds is 4. The van der Waals surface area contributed by atoms with Gasteiger partial charge < -0.3 is 9.73 Å². The van der Waals surface area contributed by atoms with Crippen molar-refractivity contribution in [2.24, 2.45) is 0 Å². The standard InChI is InChI=1S/C13H13BrN4O3S/c1-7(10(19)16-12(20)15-2)22-13-18-17-11(21-13)8-4-3-5-9(14)6-8/h3-7H,1-2H3,(H2,15,16,19,20)/t7-/m0/s1. The molecule has 0 aliphatic heterocycles. The van der Waals surface area contributed by atoms with Crippen LogP contribution in [0.4, 0.5) is 4.79 Å². The van der Waals surface area contributed by atoms with E-state index in [1.54, 1.807) is 6.92 Å². The highest BCUT2D eigenvalue weighted by atomic mass is 79.9. The van der Waals surface area contributed by atoms with Crippen LogP contribution < -0.4 is 10.6 Å². The predicted molar refractivity (Wildman–Crippen MR) is 85.4 cm³/mol. The van der Waals surface area contributed by atoms with Crippen molar-refractivity contribution in [3.8, 4) is 11.5 Å². The van der Waals surface area contributed by atoms with Crippen LogP contribution in [0.25, 0.3) is 11.5 Å². The van der Waals surface area contributed by atoms with Crippen LogP contribution in [-0.2, 0) is 4.79 Å². The summed E-state index contributed by atoms with van der Waals surface area (Å²) in [5.41, 5.74) is 0.774. The van der Waals surface area contributed by atoms with Crippen LogP contribution in [0, 0.1) is 0 Å². The van der Waals surface area contributed by atoms with Crippen LogP contribution >= 0.6 is 27.7 Å². The van der Waals surface area contributed by atoms with Gasteiger partial charge in [0.25, 0.3) is 5.22 Å². The molecule has 0 radical (unpaired) electrons. The molecule has 1 heterocycles. The molecular weight excluding hydrogens is 372 g/mol. The van der Waals surface area contributed by atoms with Crippen molar-refractivity contribution < 1.29 is 14.0 Å². The van der Waals surface area contributed by atoms with Crippen LogP contribution in [0.15, 0.2) is 38.4 Å². The summed E-state index contributed by atoms with van der Waals surface area (Å²) in [5.74, 6) is -0.0748. The molecule has 0 aliphatic carbocycles. The average Bonchev–Trinajstić information content (AvgIpc) is 2.95. The number of carbonyl (C=O) groups excluding carboxylic acids is 2. The molecule has 0 unspecified atom stereocenters. The van der Waals surface area contributed by atoms with E-state index in [-0.39, 0.29) is 5.22 Å². The number of carbonyl (C=O) groups is 2. The molecule has 2 aromatic rings. The maximum atomic E-state index is 11.7. The summed E-state index contributed by atoms with van der Waals surface area (Å²) in [7, 11) is 1.43. The number of urea groups is 1. The summed E-state index contributed by atoms with van der Waals surface area (Å²) in [6.45, 7) is 1.64. The second kappa shape index (κ2) is 7.41. The van der Waals surface area contributed by atoms with E-state index in [1.807, 2.05) is 24.3 Å². The predicted octanol–water partition coefficient (Wildman–Crippen LogP) is 2.44. The van der Waals surface area contributed by atoms with Crippen molar-refractivity contribution in [1.29, 1.82) is 0 Å². The molecule has 3 amide bonds. The zero-order valence-electron chi connectivity index (χ0n) is 11.8. The number of benzene rings is 1. The quantitative estimate of drug-likeness (QED) is 0.785. The molecule has 1 aromatic heterocycles. The number of thioether (sulfide) groups is 1. The molecule has 0 bridgehead atoms. The van der Waals surface area contributed by atoms with Crippen LogP contribution in [-0.4, -0.2) is 34.4 Å². The fourth-order valence-electron chi connectivity index (χ4n) is 1.48. The highest BCUT2D eigenvalue weighted by Crippen LogP contribution is 2.27. The number of hydrogen-bond donors (Lipinski definition) is 2. The van der Waals surface area contributed by atoms with Gasteiger partial charge in [0.15, 0.2) is 0 Å². The fraction of sp³-hybridized carbons (Fsp3) is 0.231. The minimum absolute atomic E-state index is 0.259. The van der Waals surface area contributed by atoms with Gasteiger partial charge >= 0.3 is 6.03 Å². The van der Waals surface area contributed by atoms with Crippen LogP contribution in [0.5, 0.6) is 0 Å². The molecule has 1 atom stereocenters. The van der Waals surface area contributed by atoms with Gasteiger partial charge in [-0.25, -0.2) is 4.79 Å². The van der Waals surface area contributed by atoms with E-state index in [0.29, 0.717) is 5.89 Å². The number of nitrogens with one attached hydrogen (secondary N) is 2. The Hall–Kier alpha value is -1.87. The zero-order chi connectivity index (χ0) is 16.1. The first kappa shape index (κ1) is 16.5. The van der Waals surface area contributed by atoms with E-state index >= 15 is 0 Å². The van der Waals surface area contributed by atoms with Crippen molar-refractivity contribution in [3.63, 3.8) is 0 Å². The lowest BCUT2D eigenvalue weighted by Gasteiger charge is -2.07. The highest BCUT2D eigenvalue weighted by molar-refractivity contribution is 9.10. The third-order valence-electron chi connectivity index (χ3n) is 2.59. The molecule has 22 heavy (non-hydrogen) atoms. The van der Waals surface area contributed by atoms with E-state index in [4.69, 9.17) is 4.42 Å². The number of halogens is 1. The molecule has 2 rings (SSSR count). The summed E-state index contributed by atoms with van der Waals surface area (Å²) < 4.78 is 6.41. The van der Waals surface area contributed by atoms with Gasteiger partial charge in [-0.1, -0.05) is 33.8 Å².